The Kier molecular flexibility index (Phi) is 3.41. The minimum absolute atomic E-state index is 0.00463. The van der Waals surface area contributed by atoms with Gasteiger partial charge in [-0.25, -0.2) is 0 Å². The Labute approximate surface area is 65.0 Å². The van der Waals surface area contributed by atoms with E-state index >= 15 is 0 Å². The zero-order valence-electron chi connectivity index (χ0n) is 6.15. The summed E-state index contributed by atoms with van der Waals surface area (Å²) in [4.78, 5) is 10.3. The lowest BCUT2D eigenvalue weighted by Gasteiger charge is -2.24. The number of aldehydes is 1. The SMILES string of the molecule is CCC(C)(C)C(Br)C=O. The normalized spacial score (nSPS) is 15.1. The van der Waals surface area contributed by atoms with Crippen molar-refractivity contribution in [2.75, 3.05) is 0 Å². The predicted molar refractivity (Wildman–Crippen MR) is 42.9 cm³/mol. The van der Waals surface area contributed by atoms with Gasteiger partial charge in [0, 0.05) is 0 Å². The molecule has 0 fully saturated rings. The fraction of sp³-hybridized carbons (Fsp3) is 0.857. The highest BCUT2D eigenvalue weighted by Gasteiger charge is 2.24. The molecule has 0 amide bonds. The van der Waals surface area contributed by atoms with Gasteiger partial charge in [0.15, 0.2) is 0 Å². The van der Waals surface area contributed by atoms with Gasteiger partial charge in [0.25, 0.3) is 0 Å². The van der Waals surface area contributed by atoms with Crippen LogP contribution in [0.25, 0.3) is 0 Å². The first kappa shape index (κ1) is 9.15. The third kappa shape index (κ3) is 2.48. The summed E-state index contributed by atoms with van der Waals surface area (Å²) in [5.74, 6) is 0. The monoisotopic (exact) mass is 192 g/mol. The molecule has 1 nitrogen and oxygen atoms in total. The summed E-state index contributed by atoms with van der Waals surface area (Å²) in [7, 11) is 0. The van der Waals surface area contributed by atoms with Crippen LogP contribution in [0.2, 0.25) is 0 Å². The van der Waals surface area contributed by atoms with Crippen LogP contribution in [-0.4, -0.2) is 11.1 Å². The van der Waals surface area contributed by atoms with Crippen LogP contribution in [0.4, 0.5) is 0 Å². The predicted octanol–water partition coefficient (Wildman–Crippen LogP) is 2.39. The van der Waals surface area contributed by atoms with Crippen LogP contribution in [0, 0.1) is 5.41 Å². The third-order valence-electron chi connectivity index (χ3n) is 1.78. The zero-order valence-corrected chi connectivity index (χ0v) is 7.73. The number of hydrogen-bond acceptors (Lipinski definition) is 1. The summed E-state index contributed by atoms with van der Waals surface area (Å²) in [6.07, 6.45) is 1.96. The van der Waals surface area contributed by atoms with Crippen molar-refractivity contribution in [3.8, 4) is 0 Å². The van der Waals surface area contributed by atoms with Gasteiger partial charge in [0.1, 0.15) is 6.29 Å². The molecular weight excluding hydrogens is 180 g/mol. The molecule has 0 saturated heterocycles. The van der Waals surface area contributed by atoms with Crippen molar-refractivity contribution in [1.29, 1.82) is 0 Å². The first-order chi connectivity index (χ1) is 4.04. The van der Waals surface area contributed by atoms with Crippen molar-refractivity contribution in [1.82, 2.24) is 0 Å². The molecule has 0 N–H and O–H groups in total. The molecule has 0 radical (unpaired) electrons. The van der Waals surface area contributed by atoms with E-state index in [1.807, 2.05) is 0 Å². The highest BCUT2D eigenvalue weighted by Crippen LogP contribution is 2.28. The zero-order chi connectivity index (χ0) is 7.49. The summed E-state index contributed by atoms with van der Waals surface area (Å²) < 4.78 is 0. The van der Waals surface area contributed by atoms with E-state index in [0.29, 0.717) is 0 Å². The van der Waals surface area contributed by atoms with Gasteiger partial charge in [-0.15, -0.1) is 0 Å². The van der Waals surface area contributed by atoms with Crippen LogP contribution in [0.3, 0.4) is 0 Å². The first-order valence-corrected chi connectivity index (χ1v) is 4.05. The average Bonchev–Trinajstić information content (AvgIpc) is 1.86. The lowest BCUT2D eigenvalue weighted by molar-refractivity contribution is -0.108. The van der Waals surface area contributed by atoms with E-state index < -0.39 is 0 Å². The van der Waals surface area contributed by atoms with Crippen molar-refractivity contribution in [2.24, 2.45) is 5.41 Å². The number of hydrogen-bond donors (Lipinski definition) is 0. The minimum Gasteiger partial charge on any atom is -0.302 e. The standard InChI is InChI=1S/C7H13BrO/c1-4-7(2,3)6(8)5-9/h5-6H,4H2,1-3H3. The summed E-state index contributed by atoms with van der Waals surface area (Å²) in [6.45, 7) is 6.22. The fourth-order valence-electron chi connectivity index (χ4n) is 0.379. The molecule has 0 saturated carbocycles. The molecule has 0 aliphatic heterocycles. The summed E-state index contributed by atoms with van der Waals surface area (Å²) in [5, 5.41) is 0. The molecule has 0 rings (SSSR count). The van der Waals surface area contributed by atoms with Crippen LogP contribution in [0.5, 0.6) is 0 Å². The molecule has 0 aliphatic carbocycles. The Morgan fingerprint density at radius 2 is 2.11 bits per heavy atom. The average molecular weight is 193 g/mol. The lowest BCUT2D eigenvalue weighted by Crippen LogP contribution is -2.24. The quantitative estimate of drug-likeness (QED) is 0.496. The Bertz CT molecular complexity index is 99.1. The highest BCUT2D eigenvalue weighted by atomic mass is 79.9. The summed E-state index contributed by atoms with van der Waals surface area (Å²) in [5.41, 5.74) is 0.0990. The second-order valence-corrected chi connectivity index (χ2v) is 3.87. The maximum atomic E-state index is 10.3. The van der Waals surface area contributed by atoms with E-state index in [1.54, 1.807) is 0 Å². The van der Waals surface area contributed by atoms with Crippen LogP contribution >= 0.6 is 15.9 Å². The largest absolute Gasteiger partial charge is 0.302 e. The van der Waals surface area contributed by atoms with Crippen LogP contribution in [-0.2, 0) is 4.79 Å². The Morgan fingerprint density at radius 1 is 1.67 bits per heavy atom. The number of rotatable bonds is 3. The van der Waals surface area contributed by atoms with Gasteiger partial charge >= 0.3 is 0 Å². The fourth-order valence-corrected chi connectivity index (χ4v) is 0.703. The number of carbonyl (C=O) groups is 1. The van der Waals surface area contributed by atoms with Crippen molar-refractivity contribution >= 4 is 22.2 Å². The van der Waals surface area contributed by atoms with Gasteiger partial charge < -0.3 is 4.79 Å². The molecule has 0 aromatic heterocycles. The molecule has 0 aliphatic rings. The van der Waals surface area contributed by atoms with Crippen LogP contribution < -0.4 is 0 Å². The molecule has 0 spiro atoms. The molecule has 0 bridgehead atoms. The minimum atomic E-state index is -0.00463. The van der Waals surface area contributed by atoms with Gasteiger partial charge in [-0.2, -0.15) is 0 Å². The van der Waals surface area contributed by atoms with E-state index in [9.17, 15) is 4.79 Å². The summed E-state index contributed by atoms with van der Waals surface area (Å²) >= 11 is 3.29. The van der Waals surface area contributed by atoms with Crippen LogP contribution in [0.15, 0.2) is 0 Å². The van der Waals surface area contributed by atoms with E-state index in [2.05, 4.69) is 36.7 Å². The van der Waals surface area contributed by atoms with E-state index in [-0.39, 0.29) is 10.2 Å². The molecule has 9 heavy (non-hydrogen) atoms. The Hall–Kier alpha value is 0.150. The van der Waals surface area contributed by atoms with Gasteiger partial charge in [-0.05, 0) is 11.8 Å². The third-order valence-corrected chi connectivity index (χ3v) is 3.23. The Balaban J connectivity index is 3.95. The number of carbonyl (C=O) groups excluding carboxylic acids is 1. The lowest BCUT2D eigenvalue weighted by atomic mass is 9.87. The first-order valence-electron chi connectivity index (χ1n) is 3.14. The molecule has 1 unspecified atom stereocenters. The van der Waals surface area contributed by atoms with Crippen molar-refractivity contribution < 1.29 is 4.79 Å². The second-order valence-electron chi connectivity index (χ2n) is 2.88. The van der Waals surface area contributed by atoms with E-state index in [1.165, 1.54) is 0 Å². The van der Waals surface area contributed by atoms with E-state index in [0.717, 1.165) is 12.7 Å². The smallest absolute Gasteiger partial charge is 0.134 e. The highest BCUT2D eigenvalue weighted by molar-refractivity contribution is 9.10. The topological polar surface area (TPSA) is 17.1 Å². The van der Waals surface area contributed by atoms with Gasteiger partial charge in [-0.1, -0.05) is 36.7 Å². The molecule has 0 aromatic carbocycles. The van der Waals surface area contributed by atoms with Crippen molar-refractivity contribution in [3.63, 3.8) is 0 Å². The van der Waals surface area contributed by atoms with Gasteiger partial charge in [-0.3, -0.25) is 0 Å². The van der Waals surface area contributed by atoms with Gasteiger partial charge in [0.05, 0.1) is 4.83 Å². The number of alkyl halides is 1. The molecular formula is C7H13BrO. The van der Waals surface area contributed by atoms with Crippen molar-refractivity contribution in [2.45, 2.75) is 32.0 Å². The molecule has 1 atom stereocenters. The van der Waals surface area contributed by atoms with Gasteiger partial charge in [0.2, 0.25) is 0 Å². The molecule has 2 heteroatoms. The maximum Gasteiger partial charge on any atom is 0.134 e. The molecule has 0 heterocycles. The second kappa shape index (κ2) is 3.35. The van der Waals surface area contributed by atoms with Crippen molar-refractivity contribution in [3.05, 3.63) is 0 Å². The molecule has 0 aromatic rings. The number of halogens is 1. The van der Waals surface area contributed by atoms with E-state index in [4.69, 9.17) is 0 Å². The maximum absolute atomic E-state index is 10.3. The summed E-state index contributed by atoms with van der Waals surface area (Å²) in [6, 6.07) is 0. The molecule has 54 valence electrons. The Morgan fingerprint density at radius 3 is 2.22 bits per heavy atom. The van der Waals surface area contributed by atoms with Crippen LogP contribution in [0.1, 0.15) is 27.2 Å².